The van der Waals surface area contributed by atoms with Crippen molar-refractivity contribution in [1.29, 1.82) is 0 Å². The Morgan fingerprint density at radius 3 is 2.92 bits per heavy atom. The largest absolute Gasteiger partial charge is 0.445 e. The maximum absolute atomic E-state index is 10.3. The zero-order chi connectivity index (χ0) is 9.84. The first-order chi connectivity index (χ1) is 6.09. The maximum Gasteiger partial charge on any atom is 0.404 e. The van der Waals surface area contributed by atoms with Crippen molar-refractivity contribution in [2.24, 2.45) is 12.8 Å². The summed E-state index contributed by atoms with van der Waals surface area (Å²) in [5.41, 5.74) is 5.65. The van der Waals surface area contributed by atoms with E-state index in [1.807, 2.05) is 0 Å². The molecule has 1 aromatic rings. The van der Waals surface area contributed by atoms with Crippen LogP contribution in [0.15, 0.2) is 18.3 Å². The van der Waals surface area contributed by atoms with Gasteiger partial charge in [-0.2, -0.15) is 4.57 Å². The number of amides is 1. The Bertz CT molecular complexity index is 328. The molecule has 2 N–H and O–H groups in total. The molecular formula is C8H10ClN2O2+. The number of rotatable bonds is 2. The fraction of sp³-hybridized carbons (Fsp3) is 0.250. The highest BCUT2D eigenvalue weighted by atomic mass is 35.5. The standard InChI is InChI=1S/C8H9ClN2O2/c1-11-4-6(2-3-7(11)9)5-13-8(10)12/h2-4H,5H2,1H3,(H-,10,12)/p+1. The van der Waals surface area contributed by atoms with Gasteiger partial charge in [0.15, 0.2) is 6.20 Å². The van der Waals surface area contributed by atoms with Crippen molar-refractivity contribution in [1.82, 2.24) is 0 Å². The monoisotopic (exact) mass is 201 g/mol. The average molecular weight is 202 g/mol. The summed E-state index contributed by atoms with van der Waals surface area (Å²) < 4.78 is 6.33. The minimum Gasteiger partial charge on any atom is -0.445 e. The molecule has 0 atom stereocenters. The molecule has 0 fully saturated rings. The van der Waals surface area contributed by atoms with E-state index in [0.717, 1.165) is 5.56 Å². The Kier molecular flexibility index (Phi) is 3.08. The summed E-state index contributed by atoms with van der Waals surface area (Å²) in [4.78, 5) is 10.3. The van der Waals surface area contributed by atoms with E-state index in [4.69, 9.17) is 17.3 Å². The maximum atomic E-state index is 10.3. The lowest BCUT2D eigenvalue weighted by Crippen LogP contribution is -2.29. The van der Waals surface area contributed by atoms with E-state index in [1.165, 1.54) is 0 Å². The van der Waals surface area contributed by atoms with E-state index in [-0.39, 0.29) is 6.61 Å². The third-order valence-corrected chi connectivity index (χ3v) is 1.91. The van der Waals surface area contributed by atoms with E-state index in [9.17, 15) is 4.79 Å². The molecule has 0 saturated heterocycles. The predicted octanol–water partition coefficient (Wildman–Crippen LogP) is 0.760. The first-order valence-corrected chi connectivity index (χ1v) is 4.03. The lowest BCUT2D eigenvalue weighted by atomic mass is 10.3. The number of carbonyl (C=O) groups is 1. The lowest BCUT2D eigenvalue weighted by molar-refractivity contribution is -0.669. The minimum atomic E-state index is -0.780. The van der Waals surface area contributed by atoms with Crippen LogP contribution in [0.1, 0.15) is 5.56 Å². The number of hydrogen-bond acceptors (Lipinski definition) is 2. The van der Waals surface area contributed by atoms with Crippen LogP contribution in [0.2, 0.25) is 5.15 Å². The predicted molar refractivity (Wildman–Crippen MR) is 47.0 cm³/mol. The molecule has 0 aromatic carbocycles. The Morgan fingerprint density at radius 2 is 2.38 bits per heavy atom. The van der Waals surface area contributed by atoms with Crippen molar-refractivity contribution in [3.63, 3.8) is 0 Å². The topological polar surface area (TPSA) is 56.2 Å². The first kappa shape index (κ1) is 9.80. The summed E-state index contributed by atoms with van der Waals surface area (Å²) in [5.74, 6) is 0. The smallest absolute Gasteiger partial charge is 0.404 e. The van der Waals surface area contributed by atoms with Crippen LogP contribution in [-0.2, 0) is 18.4 Å². The van der Waals surface area contributed by atoms with Gasteiger partial charge >= 0.3 is 6.09 Å². The van der Waals surface area contributed by atoms with Crippen LogP contribution >= 0.6 is 11.6 Å². The number of hydrogen-bond donors (Lipinski definition) is 1. The highest BCUT2D eigenvalue weighted by molar-refractivity contribution is 6.28. The van der Waals surface area contributed by atoms with Crippen molar-refractivity contribution in [3.05, 3.63) is 29.0 Å². The molecule has 0 radical (unpaired) electrons. The van der Waals surface area contributed by atoms with Gasteiger partial charge in [0.2, 0.25) is 0 Å². The van der Waals surface area contributed by atoms with Crippen LogP contribution in [0, 0.1) is 0 Å². The zero-order valence-corrected chi connectivity index (χ0v) is 7.91. The highest BCUT2D eigenvalue weighted by Crippen LogP contribution is 2.03. The lowest BCUT2D eigenvalue weighted by Gasteiger charge is -1.99. The molecule has 1 amide bonds. The second kappa shape index (κ2) is 4.09. The second-order valence-electron chi connectivity index (χ2n) is 2.58. The fourth-order valence-electron chi connectivity index (χ4n) is 0.887. The molecule has 0 saturated carbocycles. The van der Waals surface area contributed by atoms with Gasteiger partial charge in [0.1, 0.15) is 13.7 Å². The molecule has 1 aromatic heterocycles. The molecule has 0 aliphatic carbocycles. The summed E-state index contributed by atoms with van der Waals surface area (Å²) >= 11 is 5.77. The average Bonchev–Trinajstić information content (AvgIpc) is 2.07. The fourth-order valence-corrected chi connectivity index (χ4v) is 0.998. The van der Waals surface area contributed by atoms with E-state index in [0.29, 0.717) is 5.15 Å². The van der Waals surface area contributed by atoms with Crippen molar-refractivity contribution in [2.45, 2.75) is 6.61 Å². The van der Waals surface area contributed by atoms with Gasteiger partial charge in [0.05, 0.1) is 5.56 Å². The van der Waals surface area contributed by atoms with Gasteiger partial charge in [0.25, 0.3) is 5.15 Å². The zero-order valence-electron chi connectivity index (χ0n) is 7.16. The van der Waals surface area contributed by atoms with Crippen molar-refractivity contribution in [3.8, 4) is 0 Å². The first-order valence-electron chi connectivity index (χ1n) is 3.66. The molecule has 5 heteroatoms. The van der Waals surface area contributed by atoms with E-state index < -0.39 is 6.09 Å². The molecule has 0 aliphatic heterocycles. The number of carbonyl (C=O) groups excluding carboxylic acids is 1. The van der Waals surface area contributed by atoms with Crippen molar-refractivity contribution >= 4 is 17.7 Å². The van der Waals surface area contributed by atoms with Gasteiger partial charge in [-0.05, 0) is 17.7 Å². The second-order valence-corrected chi connectivity index (χ2v) is 2.97. The number of nitrogens with zero attached hydrogens (tertiary/aromatic N) is 1. The van der Waals surface area contributed by atoms with Crippen LogP contribution in [-0.4, -0.2) is 6.09 Å². The number of aryl methyl sites for hydroxylation is 1. The van der Waals surface area contributed by atoms with E-state index in [1.54, 1.807) is 29.9 Å². The van der Waals surface area contributed by atoms with Crippen LogP contribution < -0.4 is 10.3 Å². The number of halogens is 1. The van der Waals surface area contributed by atoms with Crippen molar-refractivity contribution in [2.75, 3.05) is 0 Å². The Hall–Kier alpha value is -1.29. The molecule has 4 nitrogen and oxygen atoms in total. The third-order valence-electron chi connectivity index (χ3n) is 1.51. The number of nitrogens with two attached hydrogens (primary N) is 1. The Morgan fingerprint density at radius 1 is 1.69 bits per heavy atom. The van der Waals surface area contributed by atoms with E-state index in [2.05, 4.69) is 4.74 Å². The summed E-state index contributed by atoms with van der Waals surface area (Å²) in [6.45, 7) is 0.167. The molecule has 1 heterocycles. The Balaban J connectivity index is 2.68. The Labute approximate surface area is 80.9 Å². The molecular weight excluding hydrogens is 192 g/mol. The van der Waals surface area contributed by atoms with Crippen LogP contribution in [0.4, 0.5) is 4.79 Å². The summed E-state index contributed by atoms with van der Waals surface area (Å²) in [7, 11) is 1.80. The molecule has 1 rings (SSSR count). The van der Waals surface area contributed by atoms with Gasteiger partial charge in [-0.3, -0.25) is 0 Å². The SMILES string of the molecule is C[n+]1cc(COC(N)=O)ccc1Cl. The normalized spacial score (nSPS) is 9.69. The van der Waals surface area contributed by atoms with Crippen LogP contribution in [0.5, 0.6) is 0 Å². The number of aromatic nitrogens is 1. The summed E-state index contributed by atoms with van der Waals surface area (Å²) in [6.07, 6.45) is 0.989. The van der Waals surface area contributed by atoms with Crippen LogP contribution in [0.25, 0.3) is 0 Å². The molecule has 70 valence electrons. The number of primary amides is 1. The molecule has 0 spiro atoms. The molecule has 0 aliphatic rings. The number of pyridine rings is 1. The highest BCUT2D eigenvalue weighted by Gasteiger charge is 2.05. The third kappa shape index (κ3) is 2.91. The summed E-state index contributed by atoms with van der Waals surface area (Å²) in [5, 5.41) is 0.614. The molecule has 0 bridgehead atoms. The quantitative estimate of drug-likeness (QED) is 0.568. The molecule has 0 unspecified atom stereocenters. The number of ether oxygens (including phenoxy) is 1. The van der Waals surface area contributed by atoms with Gasteiger partial charge in [-0.25, -0.2) is 4.79 Å². The van der Waals surface area contributed by atoms with Gasteiger partial charge in [0, 0.05) is 6.07 Å². The van der Waals surface area contributed by atoms with Gasteiger partial charge in [-0.15, -0.1) is 0 Å². The minimum absolute atomic E-state index is 0.167. The van der Waals surface area contributed by atoms with E-state index >= 15 is 0 Å². The van der Waals surface area contributed by atoms with Gasteiger partial charge < -0.3 is 10.5 Å². The summed E-state index contributed by atoms with van der Waals surface area (Å²) in [6, 6.07) is 3.49. The van der Waals surface area contributed by atoms with Crippen molar-refractivity contribution < 1.29 is 14.1 Å². The van der Waals surface area contributed by atoms with Crippen LogP contribution in [0.3, 0.4) is 0 Å². The molecule has 13 heavy (non-hydrogen) atoms. The van der Waals surface area contributed by atoms with Gasteiger partial charge in [-0.1, -0.05) is 0 Å².